The van der Waals surface area contributed by atoms with Crippen LogP contribution in [-0.2, 0) is 11.2 Å². The van der Waals surface area contributed by atoms with E-state index in [0.717, 1.165) is 33.7 Å². The Balaban J connectivity index is 1.43. The fourth-order valence-corrected chi connectivity index (χ4v) is 4.33. The van der Waals surface area contributed by atoms with Crippen LogP contribution < -0.4 is 20.7 Å². The molecule has 0 bridgehead atoms. The quantitative estimate of drug-likeness (QED) is 0.127. The third-order valence-corrected chi connectivity index (χ3v) is 6.53. The van der Waals surface area contributed by atoms with Crippen LogP contribution >= 0.6 is 0 Å². The number of hydrogen-bond donors (Lipinski definition) is 3. The molecule has 0 aliphatic carbocycles. The van der Waals surface area contributed by atoms with Gasteiger partial charge in [-0.15, -0.1) is 0 Å². The highest BCUT2D eigenvalue weighted by molar-refractivity contribution is 5.97. The topological polar surface area (TPSA) is 123 Å². The first-order valence-corrected chi connectivity index (χ1v) is 13.2. The first-order chi connectivity index (χ1) is 19.8. The number of rotatable bonds is 12. The molecule has 0 aliphatic heterocycles. The van der Waals surface area contributed by atoms with E-state index in [4.69, 9.17) is 4.74 Å². The third-order valence-electron chi connectivity index (χ3n) is 6.53. The molecule has 9 heteroatoms. The molecule has 2 amide bonds. The Hall–Kier alpha value is -5.18. The summed E-state index contributed by atoms with van der Waals surface area (Å²) in [7, 11) is 1.61. The first kappa shape index (κ1) is 28.8. The fourth-order valence-electron chi connectivity index (χ4n) is 4.33. The maximum absolute atomic E-state index is 13.2. The van der Waals surface area contributed by atoms with Gasteiger partial charge < -0.3 is 20.7 Å². The van der Waals surface area contributed by atoms with Gasteiger partial charge in [0.2, 0.25) is 5.91 Å². The van der Waals surface area contributed by atoms with Crippen molar-refractivity contribution in [2.24, 2.45) is 0 Å². The van der Waals surface area contributed by atoms with E-state index in [0.29, 0.717) is 18.7 Å². The number of ether oxygens (including phenoxy) is 1. The highest BCUT2D eigenvalue weighted by Gasteiger charge is 2.22. The molecule has 0 radical (unpaired) electrons. The summed E-state index contributed by atoms with van der Waals surface area (Å²) >= 11 is 0. The maximum Gasteiger partial charge on any atom is 0.270 e. The smallest absolute Gasteiger partial charge is 0.270 e. The third kappa shape index (κ3) is 8.15. The zero-order valence-corrected chi connectivity index (χ0v) is 22.9. The van der Waals surface area contributed by atoms with Crippen LogP contribution in [0, 0.1) is 17.0 Å². The SMILES string of the molecule is COc1ccc(NCCNC(=O)C(Cc2ccc(-c3cccc([N+](=O)[O-])c3)cc2)NC(=O)c2cccc(C)c2)cc1. The van der Waals surface area contributed by atoms with Crippen LogP contribution in [0.1, 0.15) is 21.5 Å². The van der Waals surface area contributed by atoms with Crippen LogP contribution in [0.15, 0.2) is 97.1 Å². The summed E-state index contributed by atoms with van der Waals surface area (Å²) < 4.78 is 5.17. The number of non-ortho nitro benzene ring substituents is 1. The minimum Gasteiger partial charge on any atom is -0.497 e. The second-order valence-electron chi connectivity index (χ2n) is 9.55. The number of anilines is 1. The molecule has 1 atom stereocenters. The van der Waals surface area contributed by atoms with Crippen molar-refractivity contribution < 1.29 is 19.2 Å². The Morgan fingerprint density at radius 2 is 1.61 bits per heavy atom. The van der Waals surface area contributed by atoms with Gasteiger partial charge in [-0.1, -0.05) is 54.1 Å². The minimum absolute atomic E-state index is 0.0173. The monoisotopic (exact) mass is 552 g/mol. The van der Waals surface area contributed by atoms with Gasteiger partial charge in [-0.3, -0.25) is 19.7 Å². The summed E-state index contributed by atoms with van der Waals surface area (Å²) in [5.41, 5.74) is 4.70. The van der Waals surface area contributed by atoms with Gasteiger partial charge in [0, 0.05) is 42.9 Å². The lowest BCUT2D eigenvalue weighted by atomic mass is 9.99. The van der Waals surface area contributed by atoms with Crippen LogP contribution in [0.5, 0.6) is 5.75 Å². The number of hydrogen-bond acceptors (Lipinski definition) is 6. The normalized spacial score (nSPS) is 11.3. The van der Waals surface area contributed by atoms with Crippen molar-refractivity contribution in [3.8, 4) is 16.9 Å². The van der Waals surface area contributed by atoms with Gasteiger partial charge in [-0.05, 0) is 60.0 Å². The largest absolute Gasteiger partial charge is 0.497 e. The molecular weight excluding hydrogens is 520 g/mol. The summed E-state index contributed by atoms with van der Waals surface area (Å²) in [6, 6.07) is 27.7. The van der Waals surface area contributed by atoms with Gasteiger partial charge >= 0.3 is 0 Å². The van der Waals surface area contributed by atoms with E-state index in [9.17, 15) is 19.7 Å². The van der Waals surface area contributed by atoms with Crippen molar-refractivity contribution in [1.29, 1.82) is 0 Å². The number of aryl methyl sites for hydroxylation is 1. The first-order valence-electron chi connectivity index (χ1n) is 13.2. The zero-order chi connectivity index (χ0) is 29.2. The number of nitro groups is 1. The molecule has 1 unspecified atom stereocenters. The Bertz CT molecular complexity index is 1500. The molecule has 0 saturated heterocycles. The van der Waals surface area contributed by atoms with E-state index in [1.807, 2.05) is 61.5 Å². The summed E-state index contributed by atoms with van der Waals surface area (Å²) in [4.78, 5) is 37.0. The number of carbonyl (C=O) groups excluding carboxylic acids is 2. The van der Waals surface area contributed by atoms with Crippen molar-refractivity contribution in [2.45, 2.75) is 19.4 Å². The molecule has 210 valence electrons. The van der Waals surface area contributed by atoms with Gasteiger partial charge in [0.05, 0.1) is 12.0 Å². The molecule has 4 rings (SSSR count). The lowest BCUT2D eigenvalue weighted by Crippen LogP contribution is -2.48. The zero-order valence-electron chi connectivity index (χ0n) is 22.9. The van der Waals surface area contributed by atoms with Gasteiger partial charge in [-0.25, -0.2) is 0 Å². The second-order valence-corrected chi connectivity index (χ2v) is 9.55. The number of carbonyl (C=O) groups is 2. The highest BCUT2D eigenvalue weighted by atomic mass is 16.6. The lowest BCUT2D eigenvalue weighted by molar-refractivity contribution is -0.384. The Morgan fingerprint density at radius 1 is 0.878 bits per heavy atom. The molecule has 0 heterocycles. The molecule has 4 aromatic carbocycles. The van der Waals surface area contributed by atoms with Crippen molar-refractivity contribution in [1.82, 2.24) is 10.6 Å². The van der Waals surface area contributed by atoms with Gasteiger partial charge in [0.25, 0.3) is 11.6 Å². The number of benzene rings is 4. The Morgan fingerprint density at radius 3 is 2.29 bits per heavy atom. The molecule has 0 aliphatic rings. The molecule has 0 fully saturated rings. The predicted octanol–water partition coefficient (Wildman–Crippen LogP) is 5.15. The van der Waals surface area contributed by atoms with Gasteiger partial charge in [-0.2, -0.15) is 0 Å². The maximum atomic E-state index is 13.2. The predicted molar refractivity (Wildman–Crippen MR) is 159 cm³/mol. The minimum atomic E-state index is -0.812. The molecule has 4 aromatic rings. The standard InChI is InChI=1S/C32H32N4O5/c1-22-5-3-7-26(19-22)31(37)35-30(32(38)34-18-17-33-27-13-15-29(41-2)16-14-27)20-23-9-11-24(12-10-23)25-6-4-8-28(21-25)36(39)40/h3-16,19,21,30,33H,17-18,20H2,1-2H3,(H,34,38)(H,35,37). The molecule has 3 N–H and O–H groups in total. The number of amides is 2. The van der Waals surface area contributed by atoms with Crippen LogP contribution in [-0.4, -0.2) is 43.0 Å². The van der Waals surface area contributed by atoms with E-state index in [2.05, 4.69) is 16.0 Å². The van der Waals surface area contributed by atoms with Crippen LogP contribution in [0.4, 0.5) is 11.4 Å². The fraction of sp³-hybridized carbons (Fsp3) is 0.188. The van der Waals surface area contributed by atoms with Crippen LogP contribution in [0.3, 0.4) is 0 Å². The molecule has 9 nitrogen and oxygen atoms in total. The van der Waals surface area contributed by atoms with Crippen LogP contribution in [0.2, 0.25) is 0 Å². The average molecular weight is 553 g/mol. The summed E-state index contributed by atoms with van der Waals surface area (Å²) in [6.07, 6.45) is 0.268. The van der Waals surface area contributed by atoms with Gasteiger partial charge in [0.15, 0.2) is 0 Å². The van der Waals surface area contributed by atoms with E-state index in [1.165, 1.54) is 12.1 Å². The second kappa shape index (κ2) is 13.7. The average Bonchev–Trinajstić information content (AvgIpc) is 2.99. The lowest BCUT2D eigenvalue weighted by Gasteiger charge is -2.19. The number of nitro benzene ring substituents is 1. The Kier molecular flexibility index (Phi) is 9.66. The molecule has 0 spiro atoms. The van der Waals surface area contributed by atoms with E-state index >= 15 is 0 Å². The summed E-state index contributed by atoms with van der Waals surface area (Å²) in [6.45, 7) is 2.75. The van der Waals surface area contributed by atoms with Crippen molar-refractivity contribution in [3.63, 3.8) is 0 Å². The summed E-state index contributed by atoms with van der Waals surface area (Å²) in [5.74, 6) is 0.123. The van der Waals surface area contributed by atoms with E-state index < -0.39 is 11.0 Å². The molecule has 41 heavy (non-hydrogen) atoms. The highest BCUT2D eigenvalue weighted by Crippen LogP contribution is 2.24. The van der Waals surface area contributed by atoms with Crippen molar-refractivity contribution in [2.75, 3.05) is 25.5 Å². The van der Waals surface area contributed by atoms with Crippen LogP contribution in [0.25, 0.3) is 11.1 Å². The summed E-state index contributed by atoms with van der Waals surface area (Å²) in [5, 5.41) is 20.2. The van der Waals surface area contributed by atoms with E-state index in [1.54, 1.807) is 37.4 Å². The van der Waals surface area contributed by atoms with Crippen molar-refractivity contribution >= 4 is 23.2 Å². The molecule has 0 saturated carbocycles. The molecule has 0 aromatic heterocycles. The number of methoxy groups -OCH3 is 1. The van der Waals surface area contributed by atoms with Gasteiger partial charge in [0.1, 0.15) is 11.8 Å². The Labute approximate surface area is 238 Å². The van der Waals surface area contributed by atoms with Crippen molar-refractivity contribution in [3.05, 3.63) is 124 Å². The number of nitrogens with zero attached hydrogens (tertiary/aromatic N) is 1. The molecular formula is C32H32N4O5. The van der Waals surface area contributed by atoms with E-state index in [-0.39, 0.29) is 23.9 Å². The number of nitrogens with one attached hydrogen (secondary N) is 3.